The number of hydrogen-bond acceptors (Lipinski definition) is 1. The molecular formula is C17H20O. The molecular weight excluding hydrogens is 220 g/mol. The first kappa shape index (κ1) is 12.7. The van der Waals surface area contributed by atoms with E-state index in [0.29, 0.717) is 6.61 Å². The number of benzene rings is 2. The Balaban J connectivity index is 2.22. The number of rotatable bonds is 3. The van der Waals surface area contributed by atoms with Gasteiger partial charge in [0.2, 0.25) is 0 Å². The highest BCUT2D eigenvalue weighted by molar-refractivity contribution is 5.40. The second-order valence-corrected chi connectivity index (χ2v) is 4.88. The van der Waals surface area contributed by atoms with E-state index in [1.54, 1.807) is 0 Å². The predicted octanol–water partition coefficient (Wildman–Crippen LogP) is 4.50. The molecule has 94 valence electrons. The maximum absolute atomic E-state index is 6.02. The number of ether oxygens (including phenoxy) is 1. The summed E-state index contributed by atoms with van der Waals surface area (Å²) < 4.78 is 6.02. The zero-order chi connectivity index (χ0) is 13.1. The maximum Gasteiger partial charge on any atom is 0.125 e. The van der Waals surface area contributed by atoms with Crippen molar-refractivity contribution in [1.82, 2.24) is 0 Å². The van der Waals surface area contributed by atoms with Crippen molar-refractivity contribution in [1.29, 1.82) is 0 Å². The number of hydrogen-bond donors (Lipinski definition) is 0. The van der Waals surface area contributed by atoms with Crippen LogP contribution in [0.15, 0.2) is 36.4 Å². The molecule has 0 saturated heterocycles. The lowest BCUT2D eigenvalue weighted by atomic mass is 10.0. The minimum Gasteiger partial charge on any atom is -0.488 e. The monoisotopic (exact) mass is 240 g/mol. The van der Waals surface area contributed by atoms with Crippen molar-refractivity contribution in [2.45, 2.75) is 34.3 Å². The average molecular weight is 240 g/mol. The molecule has 0 N–H and O–H groups in total. The van der Waals surface area contributed by atoms with E-state index >= 15 is 0 Å². The van der Waals surface area contributed by atoms with Crippen molar-refractivity contribution in [3.63, 3.8) is 0 Å². The van der Waals surface area contributed by atoms with Gasteiger partial charge in [0, 0.05) is 0 Å². The van der Waals surface area contributed by atoms with Crippen LogP contribution in [0, 0.1) is 27.7 Å². The van der Waals surface area contributed by atoms with Crippen LogP contribution in [0.2, 0.25) is 0 Å². The van der Waals surface area contributed by atoms with Gasteiger partial charge in [-0.15, -0.1) is 0 Å². The third kappa shape index (κ3) is 2.56. The SMILES string of the molecule is Cc1cccc(C)c1COc1c(C)cccc1C. The maximum atomic E-state index is 6.02. The molecule has 2 aromatic rings. The van der Waals surface area contributed by atoms with Crippen LogP contribution in [0.25, 0.3) is 0 Å². The van der Waals surface area contributed by atoms with Gasteiger partial charge in [0.25, 0.3) is 0 Å². The smallest absolute Gasteiger partial charge is 0.125 e. The molecule has 0 aliphatic heterocycles. The lowest BCUT2D eigenvalue weighted by molar-refractivity contribution is 0.300. The molecule has 0 fully saturated rings. The zero-order valence-corrected chi connectivity index (χ0v) is 11.6. The van der Waals surface area contributed by atoms with E-state index in [9.17, 15) is 0 Å². The van der Waals surface area contributed by atoms with Crippen LogP contribution >= 0.6 is 0 Å². The van der Waals surface area contributed by atoms with E-state index < -0.39 is 0 Å². The zero-order valence-electron chi connectivity index (χ0n) is 11.6. The molecule has 0 bridgehead atoms. The Bertz CT molecular complexity index is 464. The third-order valence-corrected chi connectivity index (χ3v) is 3.41. The van der Waals surface area contributed by atoms with Crippen molar-refractivity contribution in [2.24, 2.45) is 0 Å². The highest BCUT2D eigenvalue weighted by Gasteiger charge is 2.06. The Labute approximate surface area is 109 Å². The van der Waals surface area contributed by atoms with Gasteiger partial charge in [0.05, 0.1) is 0 Å². The lowest BCUT2D eigenvalue weighted by Gasteiger charge is -2.14. The van der Waals surface area contributed by atoms with E-state index in [1.807, 2.05) is 0 Å². The molecule has 0 heterocycles. The summed E-state index contributed by atoms with van der Waals surface area (Å²) in [6, 6.07) is 12.6. The summed E-state index contributed by atoms with van der Waals surface area (Å²) in [6.07, 6.45) is 0. The molecule has 0 saturated carbocycles. The van der Waals surface area contributed by atoms with E-state index in [2.05, 4.69) is 64.1 Å². The van der Waals surface area contributed by atoms with E-state index in [4.69, 9.17) is 4.74 Å². The first-order valence-corrected chi connectivity index (χ1v) is 6.33. The third-order valence-electron chi connectivity index (χ3n) is 3.41. The van der Waals surface area contributed by atoms with Gasteiger partial charge in [-0.05, 0) is 55.5 Å². The molecule has 0 spiro atoms. The predicted molar refractivity (Wildman–Crippen MR) is 76.2 cm³/mol. The van der Waals surface area contributed by atoms with Gasteiger partial charge in [0.1, 0.15) is 12.4 Å². The molecule has 2 rings (SSSR count). The quantitative estimate of drug-likeness (QED) is 0.767. The van der Waals surface area contributed by atoms with Gasteiger partial charge in [-0.3, -0.25) is 0 Å². The molecule has 0 amide bonds. The molecule has 18 heavy (non-hydrogen) atoms. The topological polar surface area (TPSA) is 9.23 Å². The Hall–Kier alpha value is -1.76. The van der Waals surface area contributed by atoms with Gasteiger partial charge in [-0.2, -0.15) is 0 Å². The Morgan fingerprint density at radius 3 is 1.67 bits per heavy atom. The number of para-hydroxylation sites is 1. The van der Waals surface area contributed by atoms with Crippen molar-refractivity contribution >= 4 is 0 Å². The molecule has 0 atom stereocenters. The van der Waals surface area contributed by atoms with Gasteiger partial charge in [-0.25, -0.2) is 0 Å². The summed E-state index contributed by atoms with van der Waals surface area (Å²) in [5, 5.41) is 0. The first-order chi connectivity index (χ1) is 8.59. The van der Waals surface area contributed by atoms with Crippen LogP contribution in [0.1, 0.15) is 27.8 Å². The summed E-state index contributed by atoms with van der Waals surface area (Å²) in [5.74, 6) is 1.01. The van der Waals surface area contributed by atoms with Crippen LogP contribution in [-0.2, 0) is 6.61 Å². The van der Waals surface area contributed by atoms with E-state index in [0.717, 1.165) is 5.75 Å². The van der Waals surface area contributed by atoms with Crippen LogP contribution in [0.3, 0.4) is 0 Å². The number of aryl methyl sites for hydroxylation is 4. The molecule has 0 aliphatic carbocycles. The fraction of sp³-hybridized carbons (Fsp3) is 0.294. The van der Waals surface area contributed by atoms with Crippen LogP contribution in [-0.4, -0.2) is 0 Å². The summed E-state index contributed by atoms with van der Waals surface area (Å²) >= 11 is 0. The highest BCUT2D eigenvalue weighted by atomic mass is 16.5. The van der Waals surface area contributed by atoms with Gasteiger partial charge < -0.3 is 4.74 Å². The van der Waals surface area contributed by atoms with Crippen molar-refractivity contribution in [2.75, 3.05) is 0 Å². The van der Waals surface area contributed by atoms with Crippen LogP contribution < -0.4 is 4.74 Å². The van der Waals surface area contributed by atoms with Crippen molar-refractivity contribution in [3.05, 3.63) is 64.2 Å². The molecule has 1 nitrogen and oxygen atoms in total. The molecule has 0 aromatic heterocycles. The molecule has 1 heteroatoms. The molecule has 2 aromatic carbocycles. The molecule has 0 aliphatic rings. The fourth-order valence-corrected chi connectivity index (χ4v) is 2.25. The molecule has 0 radical (unpaired) electrons. The Kier molecular flexibility index (Phi) is 3.71. The second-order valence-electron chi connectivity index (χ2n) is 4.88. The van der Waals surface area contributed by atoms with Crippen LogP contribution in [0.4, 0.5) is 0 Å². The standard InChI is InChI=1S/C17H20O/c1-12-7-5-8-13(2)16(12)11-18-17-14(3)9-6-10-15(17)4/h5-10H,11H2,1-4H3. The molecule has 0 unspecified atom stereocenters. The summed E-state index contributed by atoms with van der Waals surface area (Å²) in [6.45, 7) is 9.09. The lowest BCUT2D eigenvalue weighted by Crippen LogP contribution is -2.02. The summed E-state index contributed by atoms with van der Waals surface area (Å²) in [4.78, 5) is 0. The Morgan fingerprint density at radius 1 is 0.722 bits per heavy atom. The minimum atomic E-state index is 0.643. The minimum absolute atomic E-state index is 0.643. The first-order valence-electron chi connectivity index (χ1n) is 6.33. The highest BCUT2D eigenvalue weighted by Crippen LogP contribution is 2.24. The van der Waals surface area contributed by atoms with Gasteiger partial charge in [0.15, 0.2) is 0 Å². The van der Waals surface area contributed by atoms with Crippen molar-refractivity contribution in [3.8, 4) is 5.75 Å². The van der Waals surface area contributed by atoms with Gasteiger partial charge >= 0.3 is 0 Å². The second kappa shape index (κ2) is 5.26. The van der Waals surface area contributed by atoms with Crippen LogP contribution in [0.5, 0.6) is 5.75 Å². The normalized spacial score (nSPS) is 10.4. The van der Waals surface area contributed by atoms with Crippen molar-refractivity contribution < 1.29 is 4.74 Å². The summed E-state index contributed by atoms with van der Waals surface area (Å²) in [5.41, 5.74) is 6.27. The summed E-state index contributed by atoms with van der Waals surface area (Å²) in [7, 11) is 0. The largest absolute Gasteiger partial charge is 0.488 e. The van der Waals surface area contributed by atoms with E-state index in [1.165, 1.54) is 27.8 Å². The average Bonchev–Trinajstić information content (AvgIpc) is 2.31. The Morgan fingerprint density at radius 2 is 1.17 bits per heavy atom. The van der Waals surface area contributed by atoms with E-state index in [-0.39, 0.29) is 0 Å². The fourth-order valence-electron chi connectivity index (χ4n) is 2.25. The van der Waals surface area contributed by atoms with Gasteiger partial charge in [-0.1, -0.05) is 36.4 Å².